The van der Waals surface area contributed by atoms with Gasteiger partial charge >= 0.3 is 0 Å². The molecule has 1 aromatic carbocycles. The second kappa shape index (κ2) is 5.87. The molecule has 0 unspecified atom stereocenters. The van der Waals surface area contributed by atoms with Gasteiger partial charge < -0.3 is 0 Å². The third-order valence-corrected chi connectivity index (χ3v) is 4.60. The molecule has 1 N–H and O–H groups in total. The Morgan fingerprint density at radius 3 is 2.53 bits per heavy atom. The summed E-state index contributed by atoms with van der Waals surface area (Å²) in [5.41, 5.74) is 1.63. The lowest BCUT2D eigenvalue weighted by molar-refractivity contribution is 0.578. The molecular weight excluding hydrogens is 302 g/mol. The zero-order chi connectivity index (χ0) is 13.1. The highest BCUT2D eigenvalue weighted by molar-refractivity contribution is 9.10. The summed E-state index contributed by atoms with van der Waals surface area (Å²) in [6.07, 6.45) is 0.671. The number of hydrogen-bond donors (Lipinski definition) is 1. The van der Waals surface area contributed by atoms with Crippen LogP contribution in [0.4, 0.5) is 5.69 Å². The van der Waals surface area contributed by atoms with E-state index in [0.717, 1.165) is 10.0 Å². The normalized spacial score (nSPS) is 11.8. The Balaban J connectivity index is 2.73. The Hall–Kier alpha value is -0.550. The molecule has 0 aliphatic rings. The van der Waals surface area contributed by atoms with Crippen LogP contribution >= 0.6 is 15.9 Å². The monoisotopic (exact) mass is 319 g/mol. The van der Waals surface area contributed by atoms with Crippen molar-refractivity contribution in [3.05, 3.63) is 28.2 Å². The number of sulfonamides is 1. The first kappa shape index (κ1) is 14.5. The van der Waals surface area contributed by atoms with E-state index in [1.807, 2.05) is 32.9 Å². The molecule has 0 spiro atoms. The lowest BCUT2D eigenvalue weighted by Gasteiger charge is -2.10. The Morgan fingerprint density at radius 2 is 2.00 bits per heavy atom. The minimum Gasteiger partial charge on any atom is -0.284 e. The lowest BCUT2D eigenvalue weighted by Crippen LogP contribution is -2.17. The third kappa shape index (κ3) is 5.08. The summed E-state index contributed by atoms with van der Waals surface area (Å²) in [5, 5.41) is 0. The fourth-order valence-corrected chi connectivity index (χ4v) is 2.95. The maximum atomic E-state index is 11.8. The van der Waals surface area contributed by atoms with Gasteiger partial charge in [0.05, 0.1) is 5.75 Å². The average Bonchev–Trinajstić information content (AvgIpc) is 2.21. The van der Waals surface area contributed by atoms with E-state index in [-0.39, 0.29) is 5.75 Å². The van der Waals surface area contributed by atoms with Crippen LogP contribution in [0.2, 0.25) is 0 Å². The largest absolute Gasteiger partial charge is 0.284 e. The van der Waals surface area contributed by atoms with E-state index in [9.17, 15) is 8.42 Å². The molecule has 0 aliphatic carbocycles. The highest BCUT2D eigenvalue weighted by Crippen LogP contribution is 2.21. The summed E-state index contributed by atoms with van der Waals surface area (Å²) in [5.74, 6) is 0.554. The average molecular weight is 320 g/mol. The minimum atomic E-state index is -3.22. The zero-order valence-electron chi connectivity index (χ0n) is 10.3. The van der Waals surface area contributed by atoms with Gasteiger partial charge in [-0.3, -0.25) is 4.72 Å². The van der Waals surface area contributed by atoms with Crippen LogP contribution in [0, 0.1) is 12.8 Å². The van der Waals surface area contributed by atoms with Gasteiger partial charge in [0, 0.05) is 10.2 Å². The molecule has 0 amide bonds. The van der Waals surface area contributed by atoms with E-state index in [0.29, 0.717) is 18.0 Å². The van der Waals surface area contributed by atoms with Crippen molar-refractivity contribution in [3.63, 3.8) is 0 Å². The Kier molecular flexibility index (Phi) is 5.01. The standard InChI is InChI=1S/C12H18BrNO2S/c1-9(2)6-7-17(15,16)14-11-4-5-12(13)10(3)8-11/h4-5,8-9,14H,6-7H2,1-3H3. The Morgan fingerprint density at radius 1 is 1.35 bits per heavy atom. The van der Waals surface area contributed by atoms with Gasteiger partial charge in [0.15, 0.2) is 0 Å². The van der Waals surface area contributed by atoms with Gasteiger partial charge in [-0.25, -0.2) is 8.42 Å². The van der Waals surface area contributed by atoms with E-state index in [1.54, 1.807) is 6.07 Å². The lowest BCUT2D eigenvalue weighted by atomic mass is 10.2. The predicted molar refractivity (Wildman–Crippen MR) is 75.7 cm³/mol. The van der Waals surface area contributed by atoms with E-state index >= 15 is 0 Å². The van der Waals surface area contributed by atoms with Crippen molar-refractivity contribution in [2.75, 3.05) is 10.5 Å². The van der Waals surface area contributed by atoms with Crippen molar-refractivity contribution in [1.29, 1.82) is 0 Å². The maximum Gasteiger partial charge on any atom is 0.232 e. The first-order valence-electron chi connectivity index (χ1n) is 5.57. The highest BCUT2D eigenvalue weighted by Gasteiger charge is 2.11. The molecule has 0 saturated heterocycles. The van der Waals surface area contributed by atoms with Gasteiger partial charge in [0.1, 0.15) is 0 Å². The molecule has 0 aliphatic heterocycles. The van der Waals surface area contributed by atoms with Crippen LogP contribution in [-0.4, -0.2) is 14.2 Å². The molecule has 1 aromatic rings. The van der Waals surface area contributed by atoms with Crippen LogP contribution < -0.4 is 4.72 Å². The van der Waals surface area contributed by atoms with E-state index < -0.39 is 10.0 Å². The van der Waals surface area contributed by atoms with Crippen LogP contribution in [-0.2, 0) is 10.0 Å². The van der Waals surface area contributed by atoms with Gasteiger partial charge in [-0.15, -0.1) is 0 Å². The summed E-state index contributed by atoms with van der Waals surface area (Å²) in [6.45, 7) is 5.95. The number of rotatable bonds is 5. The molecule has 1 rings (SSSR count). The first-order chi connectivity index (χ1) is 7.80. The van der Waals surface area contributed by atoms with Crippen LogP contribution in [0.15, 0.2) is 22.7 Å². The summed E-state index contributed by atoms with van der Waals surface area (Å²) >= 11 is 3.38. The van der Waals surface area contributed by atoms with Crippen molar-refractivity contribution in [3.8, 4) is 0 Å². The molecular formula is C12H18BrNO2S. The number of nitrogens with one attached hydrogen (secondary N) is 1. The molecule has 0 heterocycles. The summed E-state index contributed by atoms with van der Waals surface area (Å²) in [4.78, 5) is 0. The Labute approximate surface area is 112 Å². The molecule has 0 radical (unpaired) electrons. The number of benzene rings is 1. The second-order valence-electron chi connectivity index (χ2n) is 4.57. The van der Waals surface area contributed by atoms with E-state index in [2.05, 4.69) is 20.7 Å². The van der Waals surface area contributed by atoms with Crippen LogP contribution in [0.25, 0.3) is 0 Å². The molecule has 17 heavy (non-hydrogen) atoms. The molecule has 0 saturated carbocycles. The third-order valence-electron chi connectivity index (χ3n) is 2.40. The van der Waals surface area contributed by atoms with Crippen LogP contribution in [0.5, 0.6) is 0 Å². The van der Waals surface area contributed by atoms with Crippen LogP contribution in [0.1, 0.15) is 25.8 Å². The Bertz CT molecular complexity index is 483. The summed E-state index contributed by atoms with van der Waals surface area (Å²) in [7, 11) is -3.22. The molecule has 0 aromatic heterocycles. The van der Waals surface area contributed by atoms with E-state index in [1.165, 1.54) is 0 Å². The molecule has 3 nitrogen and oxygen atoms in total. The number of hydrogen-bond acceptors (Lipinski definition) is 2. The number of halogens is 1. The second-order valence-corrected chi connectivity index (χ2v) is 7.26. The van der Waals surface area contributed by atoms with Gasteiger partial charge in [-0.2, -0.15) is 0 Å². The smallest absolute Gasteiger partial charge is 0.232 e. The SMILES string of the molecule is Cc1cc(NS(=O)(=O)CCC(C)C)ccc1Br. The van der Waals surface area contributed by atoms with Crippen molar-refractivity contribution in [2.45, 2.75) is 27.2 Å². The summed E-state index contributed by atoms with van der Waals surface area (Å²) in [6, 6.07) is 5.41. The minimum absolute atomic E-state index is 0.166. The number of aryl methyl sites for hydroxylation is 1. The molecule has 5 heteroatoms. The fourth-order valence-electron chi connectivity index (χ4n) is 1.33. The van der Waals surface area contributed by atoms with Crippen molar-refractivity contribution < 1.29 is 8.42 Å². The quantitative estimate of drug-likeness (QED) is 0.902. The van der Waals surface area contributed by atoms with Gasteiger partial charge in [-0.1, -0.05) is 29.8 Å². The molecule has 0 bridgehead atoms. The highest BCUT2D eigenvalue weighted by atomic mass is 79.9. The molecule has 0 fully saturated rings. The molecule has 0 atom stereocenters. The maximum absolute atomic E-state index is 11.8. The van der Waals surface area contributed by atoms with Crippen LogP contribution in [0.3, 0.4) is 0 Å². The molecule has 96 valence electrons. The summed E-state index contributed by atoms with van der Waals surface area (Å²) < 4.78 is 27.1. The van der Waals surface area contributed by atoms with Crippen molar-refractivity contribution in [1.82, 2.24) is 0 Å². The van der Waals surface area contributed by atoms with Crippen molar-refractivity contribution >= 4 is 31.6 Å². The first-order valence-corrected chi connectivity index (χ1v) is 8.01. The van der Waals surface area contributed by atoms with Gasteiger partial charge in [0.2, 0.25) is 10.0 Å². The van der Waals surface area contributed by atoms with Crippen molar-refractivity contribution in [2.24, 2.45) is 5.92 Å². The topological polar surface area (TPSA) is 46.2 Å². The van der Waals surface area contributed by atoms with Gasteiger partial charge in [-0.05, 0) is 43.0 Å². The van der Waals surface area contributed by atoms with Gasteiger partial charge in [0.25, 0.3) is 0 Å². The zero-order valence-corrected chi connectivity index (χ0v) is 12.7. The predicted octanol–water partition coefficient (Wildman–Crippen LogP) is 3.55. The number of anilines is 1. The van der Waals surface area contributed by atoms with E-state index in [4.69, 9.17) is 0 Å². The fraction of sp³-hybridized carbons (Fsp3) is 0.500.